The van der Waals surface area contributed by atoms with E-state index in [4.69, 9.17) is 14.2 Å². The Bertz CT molecular complexity index is 543. The Morgan fingerprint density at radius 2 is 1.92 bits per heavy atom. The molecule has 1 aromatic carbocycles. The van der Waals surface area contributed by atoms with Crippen LogP contribution in [0.25, 0.3) is 0 Å². The molecule has 0 amide bonds. The van der Waals surface area contributed by atoms with Gasteiger partial charge in [0.15, 0.2) is 18.5 Å². The molecular weight excluding hydrogens is 308 g/mol. The second-order valence-electron chi connectivity index (χ2n) is 6.42. The van der Waals surface area contributed by atoms with Crippen molar-refractivity contribution >= 4 is 11.8 Å². The number of hydrogen-bond donors (Lipinski definition) is 0. The van der Waals surface area contributed by atoms with Crippen molar-refractivity contribution in [1.29, 1.82) is 0 Å². The highest BCUT2D eigenvalue weighted by atomic mass is 16.6. The van der Waals surface area contributed by atoms with E-state index < -0.39 is 12.1 Å². The molecule has 0 saturated carbocycles. The fraction of sp³-hybridized carbons (Fsp3) is 0.579. The molecule has 132 valence electrons. The van der Waals surface area contributed by atoms with Crippen LogP contribution in [0, 0.1) is 0 Å². The highest BCUT2D eigenvalue weighted by molar-refractivity contribution is 5.98. The molecule has 5 heteroatoms. The average Bonchev–Trinajstić information content (AvgIpc) is 3.10. The molecular formula is C19H26O5. The molecule has 0 bridgehead atoms. The van der Waals surface area contributed by atoms with Crippen molar-refractivity contribution in [2.24, 2.45) is 0 Å². The molecule has 24 heavy (non-hydrogen) atoms. The monoisotopic (exact) mass is 334 g/mol. The smallest absolute Gasteiger partial charge is 0.335 e. The van der Waals surface area contributed by atoms with Gasteiger partial charge in [0.25, 0.3) is 0 Å². The quantitative estimate of drug-likeness (QED) is 0.540. The van der Waals surface area contributed by atoms with E-state index in [2.05, 4.69) is 13.8 Å². The Hall–Kier alpha value is -1.72. The van der Waals surface area contributed by atoms with Crippen molar-refractivity contribution in [3.63, 3.8) is 0 Å². The van der Waals surface area contributed by atoms with E-state index in [1.165, 1.54) is 5.56 Å². The number of carbonyl (C=O) groups excluding carboxylic acids is 2. The maximum Gasteiger partial charge on any atom is 0.335 e. The molecule has 2 rings (SSSR count). The van der Waals surface area contributed by atoms with Gasteiger partial charge < -0.3 is 14.2 Å². The Morgan fingerprint density at radius 3 is 2.50 bits per heavy atom. The summed E-state index contributed by atoms with van der Waals surface area (Å²) in [7, 11) is 0. The van der Waals surface area contributed by atoms with Gasteiger partial charge in [0.1, 0.15) is 0 Å². The van der Waals surface area contributed by atoms with E-state index in [1.807, 2.05) is 12.1 Å². The van der Waals surface area contributed by atoms with Crippen LogP contribution in [0.2, 0.25) is 0 Å². The molecule has 1 heterocycles. The number of Topliss-reactive ketones (excluding diaryl/α,β-unsaturated/α-hetero) is 1. The molecule has 0 aliphatic carbocycles. The van der Waals surface area contributed by atoms with Crippen molar-refractivity contribution in [1.82, 2.24) is 0 Å². The van der Waals surface area contributed by atoms with Gasteiger partial charge in [-0.05, 0) is 31.2 Å². The highest BCUT2D eigenvalue weighted by Crippen LogP contribution is 2.15. The molecule has 1 aliphatic heterocycles. The zero-order valence-electron chi connectivity index (χ0n) is 14.6. The van der Waals surface area contributed by atoms with Crippen LogP contribution in [0.4, 0.5) is 0 Å². The fourth-order valence-electron chi connectivity index (χ4n) is 2.49. The Labute approximate surface area is 143 Å². The molecule has 0 aromatic heterocycles. The van der Waals surface area contributed by atoms with E-state index in [0.717, 1.165) is 19.4 Å². The topological polar surface area (TPSA) is 61.8 Å². The zero-order valence-corrected chi connectivity index (χ0v) is 14.6. The standard InChI is InChI=1S/C19H26O5/c1-13(2)15-6-8-16(9-7-15)18(20)12-24-19(21)14(3)23-11-17-5-4-10-22-17/h6-9,13-14,17H,4-5,10-12H2,1-3H3. The average molecular weight is 334 g/mol. The summed E-state index contributed by atoms with van der Waals surface area (Å²) in [4.78, 5) is 24.0. The summed E-state index contributed by atoms with van der Waals surface area (Å²) < 4.78 is 15.9. The van der Waals surface area contributed by atoms with Gasteiger partial charge >= 0.3 is 5.97 Å². The van der Waals surface area contributed by atoms with Gasteiger partial charge in [-0.2, -0.15) is 0 Å². The van der Waals surface area contributed by atoms with Gasteiger partial charge in [-0.15, -0.1) is 0 Å². The summed E-state index contributed by atoms with van der Waals surface area (Å²) in [6.07, 6.45) is 1.33. The Kier molecular flexibility index (Phi) is 6.94. The number of ether oxygens (including phenoxy) is 3. The van der Waals surface area contributed by atoms with E-state index in [0.29, 0.717) is 18.1 Å². The van der Waals surface area contributed by atoms with E-state index in [9.17, 15) is 9.59 Å². The maximum absolute atomic E-state index is 12.1. The van der Waals surface area contributed by atoms with Crippen LogP contribution in [0.3, 0.4) is 0 Å². The van der Waals surface area contributed by atoms with Crippen LogP contribution in [-0.4, -0.2) is 43.8 Å². The summed E-state index contributed by atoms with van der Waals surface area (Å²) in [6, 6.07) is 7.38. The van der Waals surface area contributed by atoms with Crippen LogP contribution in [0.5, 0.6) is 0 Å². The van der Waals surface area contributed by atoms with E-state index >= 15 is 0 Å². The molecule has 0 radical (unpaired) electrons. The van der Waals surface area contributed by atoms with Gasteiger partial charge in [0.2, 0.25) is 0 Å². The summed E-state index contributed by atoms with van der Waals surface area (Å²) in [5, 5.41) is 0. The first-order chi connectivity index (χ1) is 11.5. The molecule has 1 aliphatic rings. The molecule has 5 nitrogen and oxygen atoms in total. The summed E-state index contributed by atoms with van der Waals surface area (Å²) in [5.74, 6) is -0.334. The summed E-state index contributed by atoms with van der Waals surface area (Å²) >= 11 is 0. The number of rotatable bonds is 8. The van der Waals surface area contributed by atoms with E-state index in [1.54, 1.807) is 19.1 Å². The molecule has 1 fully saturated rings. The lowest BCUT2D eigenvalue weighted by Crippen LogP contribution is -2.28. The van der Waals surface area contributed by atoms with Gasteiger partial charge in [-0.25, -0.2) is 4.79 Å². The predicted molar refractivity (Wildman–Crippen MR) is 90.2 cm³/mol. The minimum Gasteiger partial charge on any atom is -0.455 e. The zero-order chi connectivity index (χ0) is 17.5. The first kappa shape index (κ1) is 18.6. The Balaban J connectivity index is 1.74. The van der Waals surface area contributed by atoms with Crippen molar-refractivity contribution in [3.05, 3.63) is 35.4 Å². The first-order valence-electron chi connectivity index (χ1n) is 8.50. The third-order valence-corrected chi connectivity index (χ3v) is 4.13. The molecule has 0 spiro atoms. The molecule has 2 atom stereocenters. The Morgan fingerprint density at radius 1 is 1.21 bits per heavy atom. The second kappa shape index (κ2) is 8.94. The van der Waals surface area contributed by atoms with Crippen LogP contribution in [-0.2, 0) is 19.0 Å². The summed E-state index contributed by atoms with van der Waals surface area (Å²) in [6.45, 7) is 6.66. The molecule has 1 saturated heterocycles. The van der Waals surface area contributed by atoms with Gasteiger partial charge in [-0.1, -0.05) is 38.1 Å². The van der Waals surface area contributed by atoms with Crippen LogP contribution >= 0.6 is 0 Å². The maximum atomic E-state index is 12.1. The minimum absolute atomic E-state index is 0.0568. The number of carbonyl (C=O) groups is 2. The van der Waals surface area contributed by atoms with Crippen molar-refractivity contribution in [2.45, 2.75) is 51.7 Å². The normalized spacial score (nSPS) is 18.6. The van der Waals surface area contributed by atoms with Crippen LogP contribution in [0.1, 0.15) is 55.5 Å². The molecule has 0 N–H and O–H groups in total. The lowest BCUT2D eigenvalue weighted by atomic mass is 10.0. The SMILES string of the molecule is CC(OCC1CCCO1)C(=O)OCC(=O)c1ccc(C(C)C)cc1. The van der Waals surface area contributed by atoms with Crippen molar-refractivity contribution < 1.29 is 23.8 Å². The number of hydrogen-bond acceptors (Lipinski definition) is 5. The highest BCUT2D eigenvalue weighted by Gasteiger charge is 2.21. The number of ketones is 1. The van der Waals surface area contributed by atoms with Crippen LogP contribution < -0.4 is 0 Å². The summed E-state index contributed by atoms with van der Waals surface area (Å²) in [5.41, 5.74) is 1.71. The largest absolute Gasteiger partial charge is 0.455 e. The first-order valence-corrected chi connectivity index (χ1v) is 8.50. The lowest BCUT2D eigenvalue weighted by Gasteiger charge is -2.15. The van der Waals surface area contributed by atoms with Crippen molar-refractivity contribution in [3.8, 4) is 0 Å². The predicted octanol–water partition coefficient (Wildman–Crippen LogP) is 3.12. The van der Waals surface area contributed by atoms with Gasteiger partial charge in [0.05, 0.1) is 12.7 Å². The second-order valence-corrected chi connectivity index (χ2v) is 6.42. The molecule has 2 unspecified atom stereocenters. The third kappa shape index (κ3) is 5.42. The van der Waals surface area contributed by atoms with Gasteiger partial charge in [0, 0.05) is 12.2 Å². The van der Waals surface area contributed by atoms with Crippen LogP contribution in [0.15, 0.2) is 24.3 Å². The minimum atomic E-state index is -0.703. The number of esters is 1. The van der Waals surface area contributed by atoms with E-state index in [-0.39, 0.29) is 18.5 Å². The lowest BCUT2D eigenvalue weighted by molar-refractivity contribution is -0.156. The van der Waals surface area contributed by atoms with Gasteiger partial charge in [-0.3, -0.25) is 4.79 Å². The van der Waals surface area contributed by atoms with Crippen molar-refractivity contribution in [2.75, 3.05) is 19.8 Å². The number of benzene rings is 1. The third-order valence-electron chi connectivity index (χ3n) is 4.13. The molecule has 1 aromatic rings. The fourth-order valence-corrected chi connectivity index (χ4v) is 2.49.